The van der Waals surface area contributed by atoms with Gasteiger partial charge in [0.25, 0.3) is 0 Å². The van der Waals surface area contributed by atoms with Crippen LogP contribution >= 0.6 is 0 Å². The van der Waals surface area contributed by atoms with Crippen LogP contribution in [0.2, 0.25) is 0 Å². The molecule has 0 amide bonds. The average Bonchev–Trinajstić information content (AvgIpc) is 2.56. The van der Waals surface area contributed by atoms with E-state index in [1.807, 2.05) is 30.4 Å². The van der Waals surface area contributed by atoms with Crippen molar-refractivity contribution in [2.45, 2.75) is 64.9 Å². The summed E-state index contributed by atoms with van der Waals surface area (Å²) < 4.78 is 0. The molecule has 0 unspecified atom stereocenters. The Morgan fingerprint density at radius 3 is 2.17 bits per heavy atom. The number of hydrogen-bond donors (Lipinski definition) is 1. The van der Waals surface area contributed by atoms with Gasteiger partial charge >= 0.3 is 0 Å². The fourth-order valence-electron chi connectivity index (χ4n) is 1.84. The van der Waals surface area contributed by atoms with Gasteiger partial charge < -0.3 is 5.11 Å². The maximum atomic E-state index is 9.78. The minimum absolute atomic E-state index is 0.404. The number of aliphatic hydroxyl groups excluding tert-OH is 1. The minimum Gasteiger partial charge on any atom is -0.389 e. The van der Waals surface area contributed by atoms with Crippen molar-refractivity contribution < 1.29 is 5.11 Å². The Kier molecular flexibility index (Phi) is 17.2. The van der Waals surface area contributed by atoms with Gasteiger partial charge in [0.05, 0.1) is 6.10 Å². The van der Waals surface area contributed by atoms with Crippen LogP contribution < -0.4 is 0 Å². The standard InChI is InChI=1S/C22H34O/c1-3-5-7-9-11-12-13-14-15-17-19-21-22(23)20-18-16-10-8-6-4-2/h6-9,13-19,21-23H,3-5,10-12,20H2,1-2H3/b8-6-,9-7-,14-13+,17-15-,18-16-,21-19+/t22-/m0/s1. The van der Waals surface area contributed by atoms with Gasteiger partial charge in [-0.25, -0.2) is 0 Å². The molecular weight excluding hydrogens is 280 g/mol. The van der Waals surface area contributed by atoms with Gasteiger partial charge in [-0.1, -0.05) is 93.2 Å². The smallest absolute Gasteiger partial charge is 0.0758 e. The summed E-state index contributed by atoms with van der Waals surface area (Å²) in [6.07, 6.45) is 31.7. The average molecular weight is 315 g/mol. The number of unbranched alkanes of at least 4 members (excludes halogenated alkanes) is 2. The molecule has 0 aliphatic rings. The zero-order valence-electron chi connectivity index (χ0n) is 14.9. The molecule has 0 spiro atoms. The van der Waals surface area contributed by atoms with Crippen LogP contribution in [-0.2, 0) is 0 Å². The van der Waals surface area contributed by atoms with Gasteiger partial charge in [-0.05, 0) is 38.5 Å². The summed E-state index contributed by atoms with van der Waals surface area (Å²) in [5.41, 5.74) is 0. The van der Waals surface area contributed by atoms with Gasteiger partial charge in [-0.3, -0.25) is 0 Å². The lowest BCUT2D eigenvalue weighted by Gasteiger charge is -1.98. The molecule has 0 aliphatic heterocycles. The highest BCUT2D eigenvalue weighted by Crippen LogP contribution is 1.99. The molecular formula is C22H34O. The second kappa shape index (κ2) is 18.4. The first-order valence-corrected chi connectivity index (χ1v) is 8.94. The Bertz CT molecular complexity index is 408. The SMILES string of the molecule is CC/C=C\C/C=C\C[C@H](O)/C=C/C=C\C=C\CC/C=C\CCC. The van der Waals surface area contributed by atoms with Gasteiger partial charge in [-0.2, -0.15) is 0 Å². The van der Waals surface area contributed by atoms with E-state index in [0.717, 1.165) is 25.7 Å². The van der Waals surface area contributed by atoms with E-state index in [-0.39, 0.29) is 0 Å². The van der Waals surface area contributed by atoms with Crippen LogP contribution in [0, 0.1) is 0 Å². The predicted octanol–water partition coefficient (Wildman–Crippen LogP) is 6.46. The van der Waals surface area contributed by atoms with Crippen molar-refractivity contribution in [3.8, 4) is 0 Å². The van der Waals surface area contributed by atoms with Crippen molar-refractivity contribution in [1.82, 2.24) is 0 Å². The molecule has 0 aromatic rings. The van der Waals surface area contributed by atoms with Gasteiger partial charge in [-0.15, -0.1) is 0 Å². The molecule has 0 bridgehead atoms. The van der Waals surface area contributed by atoms with Gasteiger partial charge in [0, 0.05) is 0 Å². The van der Waals surface area contributed by atoms with E-state index in [4.69, 9.17) is 0 Å². The molecule has 0 fully saturated rings. The highest BCUT2D eigenvalue weighted by molar-refractivity contribution is 5.12. The number of rotatable bonds is 13. The third-order valence-corrected chi connectivity index (χ3v) is 3.14. The van der Waals surface area contributed by atoms with E-state index in [1.165, 1.54) is 12.8 Å². The van der Waals surface area contributed by atoms with E-state index in [9.17, 15) is 5.11 Å². The quantitative estimate of drug-likeness (QED) is 0.235. The zero-order chi connectivity index (χ0) is 17.0. The number of hydrogen-bond acceptors (Lipinski definition) is 1. The zero-order valence-corrected chi connectivity index (χ0v) is 14.9. The fourth-order valence-corrected chi connectivity index (χ4v) is 1.84. The van der Waals surface area contributed by atoms with Crippen LogP contribution in [0.4, 0.5) is 0 Å². The monoisotopic (exact) mass is 314 g/mol. The first-order chi connectivity index (χ1) is 11.3. The Morgan fingerprint density at radius 2 is 1.39 bits per heavy atom. The predicted molar refractivity (Wildman–Crippen MR) is 105 cm³/mol. The summed E-state index contributed by atoms with van der Waals surface area (Å²) in [5, 5.41) is 9.78. The van der Waals surface area contributed by atoms with E-state index in [1.54, 1.807) is 0 Å². The summed E-state index contributed by atoms with van der Waals surface area (Å²) in [6.45, 7) is 4.32. The summed E-state index contributed by atoms with van der Waals surface area (Å²) >= 11 is 0. The Labute approximate surface area is 143 Å². The van der Waals surface area contributed by atoms with Crippen LogP contribution in [0.25, 0.3) is 0 Å². The molecule has 1 atom stereocenters. The highest BCUT2D eigenvalue weighted by Gasteiger charge is 1.92. The molecule has 0 aromatic heterocycles. The first kappa shape index (κ1) is 21.4. The van der Waals surface area contributed by atoms with Crippen molar-refractivity contribution in [3.05, 3.63) is 72.9 Å². The molecule has 0 heterocycles. The number of allylic oxidation sites excluding steroid dienone is 10. The lowest BCUT2D eigenvalue weighted by Crippen LogP contribution is -1.98. The van der Waals surface area contributed by atoms with Crippen LogP contribution in [0.5, 0.6) is 0 Å². The van der Waals surface area contributed by atoms with E-state index in [2.05, 4.69) is 56.4 Å². The fraction of sp³-hybridized carbons (Fsp3) is 0.455. The summed E-state index contributed by atoms with van der Waals surface area (Å²) in [6, 6.07) is 0. The maximum absolute atomic E-state index is 9.78. The van der Waals surface area contributed by atoms with E-state index in [0.29, 0.717) is 6.42 Å². The minimum atomic E-state index is -0.404. The molecule has 0 saturated heterocycles. The van der Waals surface area contributed by atoms with Crippen molar-refractivity contribution >= 4 is 0 Å². The molecule has 1 N–H and O–H groups in total. The third kappa shape index (κ3) is 18.4. The number of aliphatic hydroxyl groups is 1. The molecule has 0 rings (SSSR count). The van der Waals surface area contributed by atoms with Gasteiger partial charge in [0.15, 0.2) is 0 Å². The summed E-state index contributed by atoms with van der Waals surface area (Å²) in [7, 11) is 0. The molecule has 128 valence electrons. The van der Waals surface area contributed by atoms with Crippen LogP contribution in [0.3, 0.4) is 0 Å². The van der Waals surface area contributed by atoms with Crippen molar-refractivity contribution in [2.75, 3.05) is 0 Å². The van der Waals surface area contributed by atoms with E-state index < -0.39 is 6.10 Å². The molecule has 0 radical (unpaired) electrons. The Balaban J connectivity index is 3.71. The van der Waals surface area contributed by atoms with Gasteiger partial charge in [0.1, 0.15) is 0 Å². The molecule has 23 heavy (non-hydrogen) atoms. The molecule has 0 aliphatic carbocycles. The lowest BCUT2D eigenvalue weighted by molar-refractivity contribution is 0.227. The highest BCUT2D eigenvalue weighted by atomic mass is 16.3. The lowest BCUT2D eigenvalue weighted by atomic mass is 10.2. The summed E-state index contributed by atoms with van der Waals surface area (Å²) in [4.78, 5) is 0. The van der Waals surface area contributed by atoms with E-state index >= 15 is 0 Å². The topological polar surface area (TPSA) is 20.2 Å². The van der Waals surface area contributed by atoms with Crippen LogP contribution in [0.1, 0.15) is 58.8 Å². The Hall–Kier alpha value is -1.60. The van der Waals surface area contributed by atoms with Gasteiger partial charge in [0.2, 0.25) is 0 Å². The maximum Gasteiger partial charge on any atom is 0.0758 e. The molecule has 0 saturated carbocycles. The van der Waals surface area contributed by atoms with Crippen LogP contribution in [0.15, 0.2) is 72.9 Å². The van der Waals surface area contributed by atoms with Crippen molar-refractivity contribution in [1.29, 1.82) is 0 Å². The molecule has 1 nitrogen and oxygen atoms in total. The third-order valence-electron chi connectivity index (χ3n) is 3.14. The van der Waals surface area contributed by atoms with Crippen molar-refractivity contribution in [2.24, 2.45) is 0 Å². The second-order valence-corrected chi connectivity index (χ2v) is 5.43. The van der Waals surface area contributed by atoms with Crippen molar-refractivity contribution in [3.63, 3.8) is 0 Å². The molecule has 0 aromatic carbocycles. The molecule has 1 heteroatoms. The summed E-state index contributed by atoms with van der Waals surface area (Å²) in [5.74, 6) is 0. The van der Waals surface area contributed by atoms with Crippen LogP contribution in [-0.4, -0.2) is 11.2 Å². The normalized spacial score (nSPS) is 14.7. The Morgan fingerprint density at radius 1 is 0.696 bits per heavy atom. The largest absolute Gasteiger partial charge is 0.389 e. The second-order valence-electron chi connectivity index (χ2n) is 5.43. The first-order valence-electron chi connectivity index (χ1n) is 8.94.